The number of rotatable bonds is 2. The van der Waals surface area contributed by atoms with Crippen molar-refractivity contribution < 1.29 is 4.39 Å². The Bertz CT molecular complexity index is 542. The molecule has 3 nitrogen and oxygen atoms in total. The average Bonchev–Trinajstić information content (AvgIpc) is 2.26. The van der Waals surface area contributed by atoms with Crippen LogP contribution in [0.3, 0.4) is 0 Å². The lowest BCUT2D eigenvalue weighted by Gasteiger charge is -2.12. The zero-order valence-electron chi connectivity index (χ0n) is 8.55. The number of benzene rings is 1. The maximum Gasteiger partial charge on any atom is 0.124 e. The van der Waals surface area contributed by atoms with Gasteiger partial charge in [0.25, 0.3) is 0 Å². The Balaban J connectivity index is 2.38. The number of hydrogen-bond acceptors (Lipinski definition) is 3. The van der Waals surface area contributed by atoms with Crippen LogP contribution in [0.1, 0.15) is 0 Å². The molecule has 0 aliphatic carbocycles. The van der Waals surface area contributed by atoms with Gasteiger partial charge in [0.1, 0.15) is 5.82 Å². The highest BCUT2D eigenvalue weighted by molar-refractivity contribution is 9.10. The van der Waals surface area contributed by atoms with E-state index in [4.69, 9.17) is 17.3 Å². The summed E-state index contributed by atoms with van der Waals surface area (Å²) in [5, 5.41) is 3.31. The second kappa shape index (κ2) is 4.89. The number of nitrogens with one attached hydrogen (secondary N) is 1. The Morgan fingerprint density at radius 2 is 2.12 bits per heavy atom. The Hall–Kier alpha value is -1.33. The topological polar surface area (TPSA) is 50.9 Å². The second-order valence-electron chi connectivity index (χ2n) is 3.33. The van der Waals surface area contributed by atoms with E-state index in [-0.39, 0.29) is 10.8 Å². The Kier molecular flexibility index (Phi) is 3.49. The van der Waals surface area contributed by atoms with E-state index in [9.17, 15) is 4.39 Å². The third-order valence-corrected chi connectivity index (χ3v) is 3.03. The van der Waals surface area contributed by atoms with Gasteiger partial charge >= 0.3 is 0 Å². The number of hydrogen-bond donors (Lipinski definition) is 2. The van der Waals surface area contributed by atoms with Crippen LogP contribution in [0, 0.1) is 5.82 Å². The number of nitrogens with two attached hydrogens (primary N) is 1. The molecule has 0 atom stereocenters. The average molecular weight is 317 g/mol. The summed E-state index contributed by atoms with van der Waals surface area (Å²) in [6, 6.07) is 4.10. The number of halogens is 3. The van der Waals surface area contributed by atoms with Gasteiger partial charge in [0.2, 0.25) is 0 Å². The summed E-state index contributed by atoms with van der Waals surface area (Å²) in [7, 11) is 0. The minimum Gasteiger partial charge on any atom is -0.396 e. The van der Waals surface area contributed by atoms with Gasteiger partial charge in [-0.05, 0) is 34.1 Å². The molecule has 3 N–H and O–H groups in total. The molecule has 1 heterocycles. The summed E-state index contributed by atoms with van der Waals surface area (Å²) in [5.74, 6) is -0.387. The molecule has 2 aromatic rings. The molecule has 0 saturated carbocycles. The van der Waals surface area contributed by atoms with Crippen LogP contribution in [0.5, 0.6) is 0 Å². The lowest BCUT2D eigenvalue weighted by Crippen LogP contribution is -1.98. The number of nitrogen functional groups attached to an aromatic ring is 1. The van der Waals surface area contributed by atoms with Crippen LogP contribution in [0.2, 0.25) is 5.02 Å². The molecular weight excluding hydrogens is 308 g/mol. The summed E-state index contributed by atoms with van der Waals surface area (Å²) in [6.07, 6.45) is 3.13. The van der Waals surface area contributed by atoms with Crippen LogP contribution in [-0.2, 0) is 0 Å². The van der Waals surface area contributed by atoms with Gasteiger partial charge in [0.05, 0.1) is 32.8 Å². The van der Waals surface area contributed by atoms with Crippen LogP contribution < -0.4 is 11.1 Å². The number of anilines is 3. The van der Waals surface area contributed by atoms with Gasteiger partial charge in [0, 0.05) is 6.20 Å². The molecule has 0 bridgehead atoms. The third-order valence-electron chi connectivity index (χ3n) is 2.12. The fraction of sp³-hybridized carbons (Fsp3) is 0. The summed E-state index contributed by atoms with van der Waals surface area (Å²) in [6.45, 7) is 0. The largest absolute Gasteiger partial charge is 0.396 e. The molecule has 0 saturated heterocycles. The number of nitrogens with zero attached hydrogens (tertiary/aromatic N) is 1. The second-order valence-corrected chi connectivity index (χ2v) is 4.60. The van der Waals surface area contributed by atoms with Crippen molar-refractivity contribution in [3.8, 4) is 0 Å². The smallest absolute Gasteiger partial charge is 0.124 e. The van der Waals surface area contributed by atoms with E-state index in [1.807, 2.05) is 0 Å². The van der Waals surface area contributed by atoms with Crippen molar-refractivity contribution >= 4 is 44.6 Å². The minimum atomic E-state index is -0.387. The molecule has 0 aliphatic rings. The highest BCUT2D eigenvalue weighted by Crippen LogP contribution is 2.33. The molecule has 0 spiro atoms. The van der Waals surface area contributed by atoms with Gasteiger partial charge in [-0.2, -0.15) is 0 Å². The van der Waals surface area contributed by atoms with Crippen molar-refractivity contribution in [3.05, 3.63) is 45.9 Å². The molecule has 17 heavy (non-hydrogen) atoms. The Morgan fingerprint density at radius 3 is 2.76 bits per heavy atom. The highest BCUT2D eigenvalue weighted by Gasteiger charge is 2.08. The molecule has 88 valence electrons. The van der Waals surface area contributed by atoms with Crippen molar-refractivity contribution in [2.45, 2.75) is 0 Å². The molecule has 0 fully saturated rings. The van der Waals surface area contributed by atoms with Crippen LogP contribution in [0.25, 0.3) is 0 Å². The molecule has 0 amide bonds. The zero-order chi connectivity index (χ0) is 12.4. The van der Waals surface area contributed by atoms with Gasteiger partial charge in [-0.3, -0.25) is 4.98 Å². The SMILES string of the molecule is Nc1cncc(Br)c1Nc1ccc(F)cc1Cl. The quantitative estimate of drug-likeness (QED) is 0.881. The molecule has 1 aromatic carbocycles. The van der Waals surface area contributed by atoms with Gasteiger partial charge in [0.15, 0.2) is 0 Å². The van der Waals surface area contributed by atoms with E-state index in [1.54, 1.807) is 12.3 Å². The van der Waals surface area contributed by atoms with Crippen LogP contribution in [-0.4, -0.2) is 4.98 Å². The summed E-state index contributed by atoms with van der Waals surface area (Å²) < 4.78 is 13.6. The number of aromatic nitrogens is 1. The molecule has 0 unspecified atom stereocenters. The normalized spacial score (nSPS) is 10.3. The first-order valence-corrected chi connectivity index (χ1v) is 5.86. The summed E-state index contributed by atoms with van der Waals surface area (Å²) >= 11 is 9.23. The third kappa shape index (κ3) is 2.68. The lowest BCUT2D eigenvalue weighted by molar-refractivity contribution is 0.628. The van der Waals surface area contributed by atoms with E-state index < -0.39 is 0 Å². The molecule has 2 rings (SSSR count). The standard InChI is InChI=1S/C11H8BrClFN3/c12-7-4-16-5-9(15)11(7)17-10-2-1-6(14)3-8(10)13/h1-5H,15H2,(H,16,17). The van der Waals surface area contributed by atoms with Crippen molar-refractivity contribution in [1.82, 2.24) is 4.98 Å². The van der Waals surface area contributed by atoms with E-state index in [1.165, 1.54) is 18.3 Å². The lowest BCUT2D eigenvalue weighted by atomic mass is 10.2. The van der Waals surface area contributed by atoms with Crippen LogP contribution >= 0.6 is 27.5 Å². The van der Waals surface area contributed by atoms with Gasteiger partial charge in [-0.1, -0.05) is 11.6 Å². The van der Waals surface area contributed by atoms with Crippen molar-refractivity contribution in [2.75, 3.05) is 11.1 Å². The zero-order valence-corrected chi connectivity index (χ0v) is 10.9. The molecule has 0 aliphatic heterocycles. The fourth-order valence-electron chi connectivity index (χ4n) is 1.31. The Morgan fingerprint density at radius 1 is 1.35 bits per heavy atom. The maximum atomic E-state index is 12.9. The number of pyridine rings is 1. The highest BCUT2D eigenvalue weighted by atomic mass is 79.9. The van der Waals surface area contributed by atoms with Gasteiger partial charge in [-0.25, -0.2) is 4.39 Å². The fourth-order valence-corrected chi connectivity index (χ4v) is 1.97. The van der Waals surface area contributed by atoms with Crippen molar-refractivity contribution in [3.63, 3.8) is 0 Å². The van der Waals surface area contributed by atoms with Crippen LogP contribution in [0.15, 0.2) is 35.1 Å². The van der Waals surface area contributed by atoms with Crippen LogP contribution in [0.4, 0.5) is 21.5 Å². The molecule has 6 heteroatoms. The molecule has 1 aromatic heterocycles. The van der Waals surface area contributed by atoms with E-state index in [0.29, 0.717) is 21.5 Å². The molecule has 0 radical (unpaired) electrons. The summed E-state index contributed by atoms with van der Waals surface area (Å²) in [4.78, 5) is 3.92. The van der Waals surface area contributed by atoms with Gasteiger partial charge < -0.3 is 11.1 Å². The van der Waals surface area contributed by atoms with E-state index >= 15 is 0 Å². The maximum absolute atomic E-state index is 12.9. The van der Waals surface area contributed by atoms with Gasteiger partial charge in [-0.15, -0.1) is 0 Å². The molecular formula is C11H8BrClFN3. The first-order valence-electron chi connectivity index (χ1n) is 4.69. The van der Waals surface area contributed by atoms with E-state index in [0.717, 1.165) is 0 Å². The van der Waals surface area contributed by atoms with Crippen molar-refractivity contribution in [1.29, 1.82) is 0 Å². The Labute approximate surface area is 111 Å². The monoisotopic (exact) mass is 315 g/mol. The first-order chi connectivity index (χ1) is 8.08. The minimum absolute atomic E-state index is 0.285. The van der Waals surface area contributed by atoms with Crippen molar-refractivity contribution in [2.24, 2.45) is 0 Å². The predicted molar refractivity (Wildman–Crippen MR) is 71.0 cm³/mol. The van der Waals surface area contributed by atoms with E-state index in [2.05, 4.69) is 26.2 Å². The first kappa shape index (κ1) is 12.1. The predicted octanol–water partition coefficient (Wildman–Crippen LogP) is 3.96. The summed E-state index contributed by atoms with van der Waals surface area (Å²) in [5.41, 5.74) is 7.47.